The molecule has 16 nitrogen and oxygen atoms in total. The fourth-order valence-corrected chi connectivity index (χ4v) is 10.2. The van der Waals surface area contributed by atoms with Gasteiger partial charge in [-0.2, -0.15) is 5.10 Å². The molecule has 2 aromatic carbocycles. The second kappa shape index (κ2) is 19.8. The second-order valence-electron chi connectivity index (χ2n) is 18.5. The lowest BCUT2D eigenvalue weighted by Gasteiger charge is -2.37. The maximum absolute atomic E-state index is 14.4. The van der Waals surface area contributed by atoms with Gasteiger partial charge >= 0.3 is 0 Å². The Bertz CT molecular complexity index is 2490. The maximum Gasteiger partial charge on any atom is 0.255 e. The van der Waals surface area contributed by atoms with Crippen molar-refractivity contribution in [1.29, 1.82) is 0 Å². The molecular weight excluding hydrogens is 835 g/mol. The summed E-state index contributed by atoms with van der Waals surface area (Å²) in [7, 11) is -3.87. The van der Waals surface area contributed by atoms with E-state index < -0.39 is 32.6 Å². The number of sulfone groups is 1. The molecule has 344 valence electrons. The number of anilines is 3. The van der Waals surface area contributed by atoms with Gasteiger partial charge in [0.1, 0.15) is 28.8 Å². The molecule has 0 spiro atoms. The molecular formula is C47H63N9O7S. The summed E-state index contributed by atoms with van der Waals surface area (Å²) < 4.78 is 33.6. The Morgan fingerprint density at radius 3 is 2.39 bits per heavy atom. The molecule has 2 saturated heterocycles. The lowest BCUT2D eigenvalue weighted by molar-refractivity contribution is -0.137. The first kappa shape index (κ1) is 46.6. The van der Waals surface area contributed by atoms with Crippen molar-refractivity contribution in [3.63, 3.8) is 0 Å². The van der Waals surface area contributed by atoms with Crippen LogP contribution in [-0.4, -0.2) is 98.5 Å². The summed E-state index contributed by atoms with van der Waals surface area (Å²) in [6.07, 6.45) is 11.9. The fraction of sp³-hybridized carbons (Fsp3) is 0.553. The quantitative estimate of drug-likeness (QED) is 0.0574. The molecule has 4 amide bonds. The normalized spacial score (nSPS) is 18.0. The summed E-state index contributed by atoms with van der Waals surface area (Å²) >= 11 is 0. The van der Waals surface area contributed by atoms with Crippen LogP contribution in [0, 0.1) is 19.8 Å². The minimum absolute atomic E-state index is 0.0680. The number of benzene rings is 2. The highest BCUT2D eigenvalue weighted by Crippen LogP contribution is 2.38. The van der Waals surface area contributed by atoms with Crippen molar-refractivity contribution < 1.29 is 32.3 Å². The standard InChI is InChI=1S/C47H63N9O7S/c1-7-8-9-10-11-12-13-17-37(44(58)50-35-16-14-15-32-34(35)26-56(46(32)60)38-18-19-41(57)51-45(38)59)55-22-20-31(21-23-55)27-63-39-25-36-33(24-40(39)64(61,62)47(4,5)6)43(49-28-48-36)52-42-29(2)30(3)53-54-42/h14-16,24-25,28,31,37-38H,7-13,17-23,26-27H2,1-6H3,(H,50,58)(H,51,57,59)(H2,48,49,52,53,54). The molecule has 4 N–H and O–H groups in total. The van der Waals surface area contributed by atoms with E-state index in [1.165, 1.54) is 36.9 Å². The van der Waals surface area contributed by atoms with Crippen molar-refractivity contribution >= 4 is 61.7 Å². The largest absolute Gasteiger partial charge is 0.492 e. The molecule has 17 heteroatoms. The Balaban J connectivity index is 1.05. The molecule has 2 fully saturated rings. The Hall–Kier alpha value is -5.42. The lowest BCUT2D eigenvalue weighted by atomic mass is 9.94. The third-order valence-electron chi connectivity index (χ3n) is 13.1. The van der Waals surface area contributed by atoms with Crippen LogP contribution in [-0.2, 0) is 30.8 Å². The van der Waals surface area contributed by atoms with Gasteiger partial charge in [0.05, 0.1) is 22.9 Å². The molecule has 7 rings (SSSR count). The van der Waals surface area contributed by atoms with Gasteiger partial charge in [-0.1, -0.05) is 57.9 Å². The topological polar surface area (TPSA) is 209 Å². The Morgan fingerprint density at radius 1 is 0.969 bits per heavy atom. The first-order valence-corrected chi connectivity index (χ1v) is 24.3. The van der Waals surface area contributed by atoms with Crippen molar-refractivity contribution in [2.45, 2.75) is 147 Å². The number of H-pyrrole nitrogens is 1. The number of nitrogens with zero attached hydrogens (tertiary/aromatic N) is 5. The van der Waals surface area contributed by atoms with Gasteiger partial charge in [-0.15, -0.1) is 0 Å². The van der Waals surface area contributed by atoms with Gasteiger partial charge in [0.15, 0.2) is 15.7 Å². The van der Waals surface area contributed by atoms with Crippen LogP contribution in [0.25, 0.3) is 10.9 Å². The minimum atomic E-state index is -3.87. The van der Waals surface area contributed by atoms with Crippen LogP contribution >= 0.6 is 0 Å². The molecule has 64 heavy (non-hydrogen) atoms. The number of carbonyl (C=O) groups is 4. The number of fused-ring (bicyclic) bond motifs is 2. The highest BCUT2D eigenvalue weighted by Gasteiger charge is 2.41. The summed E-state index contributed by atoms with van der Waals surface area (Å²) in [4.78, 5) is 65.2. The second-order valence-corrected chi connectivity index (χ2v) is 21.2. The van der Waals surface area contributed by atoms with Crippen molar-refractivity contribution in [3.8, 4) is 5.75 Å². The van der Waals surface area contributed by atoms with E-state index in [2.05, 4.69) is 47.9 Å². The smallest absolute Gasteiger partial charge is 0.255 e. The van der Waals surface area contributed by atoms with Crippen LogP contribution in [0.2, 0.25) is 0 Å². The minimum Gasteiger partial charge on any atom is -0.492 e. The summed E-state index contributed by atoms with van der Waals surface area (Å²) in [6.45, 7) is 12.8. The summed E-state index contributed by atoms with van der Waals surface area (Å²) in [6, 6.07) is 7.39. The molecule has 0 bridgehead atoms. The summed E-state index contributed by atoms with van der Waals surface area (Å²) in [5, 5.41) is 16.6. The van der Waals surface area contributed by atoms with Crippen molar-refractivity contribution in [3.05, 3.63) is 59.0 Å². The van der Waals surface area contributed by atoms with E-state index in [0.717, 1.165) is 43.4 Å². The van der Waals surface area contributed by atoms with Crippen molar-refractivity contribution in [1.82, 2.24) is 35.3 Å². The zero-order chi connectivity index (χ0) is 45.8. The van der Waals surface area contributed by atoms with Crippen LogP contribution < -0.4 is 20.7 Å². The number of likely N-dealkylation sites (tertiary alicyclic amines) is 1. The van der Waals surface area contributed by atoms with E-state index in [4.69, 9.17) is 4.74 Å². The molecule has 0 radical (unpaired) electrons. The van der Waals surface area contributed by atoms with Gasteiger partial charge in [0.2, 0.25) is 17.7 Å². The predicted octanol–water partition coefficient (Wildman–Crippen LogP) is 7.29. The van der Waals surface area contributed by atoms with Gasteiger partial charge in [-0.3, -0.25) is 34.5 Å². The number of hydrogen-bond donors (Lipinski definition) is 4. The van der Waals surface area contributed by atoms with Crippen molar-refractivity contribution in [2.24, 2.45) is 5.92 Å². The zero-order valence-corrected chi connectivity index (χ0v) is 38.8. The van der Waals surface area contributed by atoms with Crippen LogP contribution in [0.15, 0.2) is 41.6 Å². The van der Waals surface area contributed by atoms with E-state index >= 15 is 0 Å². The number of unbranched alkanes of at least 4 members (excludes halogenated alkanes) is 6. The van der Waals surface area contributed by atoms with Crippen LogP contribution in [0.4, 0.5) is 17.3 Å². The average Bonchev–Trinajstić information content (AvgIpc) is 3.77. The Morgan fingerprint density at radius 2 is 1.70 bits per heavy atom. The number of nitrogens with one attached hydrogen (secondary N) is 4. The zero-order valence-electron chi connectivity index (χ0n) is 38.0. The molecule has 0 aliphatic carbocycles. The summed E-state index contributed by atoms with van der Waals surface area (Å²) in [5.74, 6) is 0.110. The number of rotatable bonds is 18. The molecule has 0 saturated carbocycles. The molecule has 4 aromatic rings. The third-order valence-corrected chi connectivity index (χ3v) is 15.6. The first-order valence-electron chi connectivity index (χ1n) is 22.8. The number of ether oxygens (including phenoxy) is 1. The fourth-order valence-electron chi connectivity index (χ4n) is 8.87. The average molecular weight is 898 g/mol. The number of aromatic amines is 1. The van der Waals surface area contributed by atoms with E-state index in [9.17, 15) is 27.6 Å². The number of carbonyl (C=O) groups excluding carboxylic acids is 4. The number of piperidine rings is 2. The van der Waals surface area contributed by atoms with E-state index in [1.807, 2.05) is 13.8 Å². The van der Waals surface area contributed by atoms with Crippen LogP contribution in [0.1, 0.15) is 132 Å². The Labute approximate surface area is 376 Å². The van der Waals surface area contributed by atoms with Gasteiger partial charge in [0, 0.05) is 52.5 Å². The molecule has 3 aliphatic rings. The Kier molecular flexibility index (Phi) is 14.4. The van der Waals surface area contributed by atoms with Gasteiger partial charge in [0.25, 0.3) is 5.91 Å². The van der Waals surface area contributed by atoms with Crippen molar-refractivity contribution in [2.75, 3.05) is 30.3 Å². The number of amides is 4. The number of aromatic nitrogens is 4. The number of imide groups is 1. The molecule has 2 atom stereocenters. The van der Waals surface area contributed by atoms with Gasteiger partial charge in [-0.25, -0.2) is 18.4 Å². The molecule has 3 aliphatic heterocycles. The van der Waals surface area contributed by atoms with Crippen LogP contribution in [0.3, 0.4) is 0 Å². The molecule has 2 unspecified atom stereocenters. The summed E-state index contributed by atoms with van der Waals surface area (Å²) in [5.41, 5.74) is 4.01. The highest BCUT2D eigenvalue weighted by molar-refractivity contribution is 7.92. The third kappa shape index (κ3) is 10.1. The number of aryl methyl sites for hydroxylation is 1. The lowest BCUT2D eigenvalue weighted by Crippen LogP contribution is -2.52. The van der Waals surface area contributed by atoms with E-state index in [1.54, 1.807) is 51.1 Å². The maximum atomic E-state index is 14.4. The number of hydrogen-bond acceptors (Lipinski definition) is 12. The highest BCUT2D eigenvalue weighted by atomic mass is 32.2. The predicted molar refractivity (Wildman–Crippen MR) is 245 cm³/mol. The van der Waals surface area contributed by atoms with Crippen LogP contribution in [0.5, 0.6) is 5.75 Å². The van der Waals surface area contributed by atoms with E-state index in [-0.39, 0.29) is 60.3 Å². The first-order chi connectivity index (χ1) is 30.6. The molecule has 5 heterocycles. The molecule has 2 aromatic heterocycles. The SMILES string of the molecule is CCCCCCCCCC(C(=O)Nc1cccc2c1CN(C1CCC(=O)NC1=O)C2=O)N1CCC(COc2cc3ncnc(Nc4n[nH]c(C)c4C)c3cc2S(=O)(=O)C(C)(C)C)CC1. The van der Waals surface area contributed by atoms with E-state index in [0.29, 0.717) is 58.9 Å². The van der Waals surface area contributed by atoms with Gasteiger partial charge < -0.3 is 20.3 Å². The van der Waals surface area contributed by atoms with Gasteiger partial charge in [-0.05, 0) is 97.5 Å². The monoisotopic (exact) mass is 897 g/mol.